The van der Waals surface area contributed by atoms with E-state index < -0.39 is 0 Å². The highest BCUT2D eigenvalue weighted by Gasteiger charge is 2.20. The van der Waals surface area contributed by atoms with Crippen molar-refractivity contribution >= 4 is 11.7 Å². The van der Waals surface area contributed by atoms with Gasteiger partial charge in [0.1, 0.15) is 5.82 Å². The molecule has 0 radical (unpaired) electrons. The van der Waals surface area contributed by atoms with Crippen LogP contribution in [0.25, 0.3) is 0 Å². The summed E-state index contributed by atoms with van der Waals surface area (Å²) >= 11 is 0. The summed E-state index contributed by atoms with van der Waals surface area (Å²) in [6, 6.07) is 3.99. The van der Waals surface area contributed by atoms with Crippen LogP contribution in [0.5, 0.6) is 0 Å². The minimum Gasteiger partial charge on any atom is -0.368 e. The van der Waals surface area contributed by atoms with E-state index >= 15 is 0 Å². The maximum atomic E-state index is 11.8. The molecular weight excluding hydrogens is 278 g/mol. The Morgan fingerprint density at radius 2 is 2.09 bits per heavy atom. The number of nitrogens with zero attached hydrogens (tertiary/aromatic N) is 3. The molecule has 2 N–H and O–H groups in total. The van der Waals surface area contributed by atoms with E-state index in [2.05, 4.69) is 39.3 Å². The molecule has 1 aromatic rings. The molecule has 1 fully saturated rings. The molecule has 1 aromatic heterocycles. The van der Waals surface area contributed by atoms with E-state index in [1.165, 1.54) is 0 Å². The van der Waals surface area contributed by atoms with Gasteiger partial charge >= 0.3 is 0 Å². The fourth-order valence-corrected chi connectivity index (χ4v) is 2.76. The van der Waals surface area contributed by atoms with E-state index in [0.717, 1.165) is 39.3 Å². The van der Waals surface area contributed by atoms with E-state index in [0.29, 0.717) is 17.4 Å². The summed E-state index contributed by atoms with van der Waals surface area (Å²) in [5, 5.41) is 5.97. The van der Waals surface area contributed by atoms with E-state index in [4.69, 9.17) is 0 Å². The lowest BCUT2D eigenvalue weighted by Crippen LogP contribution is -2.51. The second-order valence-corrected chi connectivity index (χ2v) is 5.68. The van der Waals surface area contributed by atoms with E-state index in [9.17, 15) is 4.79 Å². The molecule has 0 aromatic carbocycles. The Morgan fingerprint density at radius 3 is 2.73 bits per heavy atom. The van der Waals surface area contributed by atoms with Crippen LogP contribution in [0.2, 0.25) is 0 Å². The zero-order valence-electron chi connectivity index (χ0n) is 13.8. The van der Waals surface area contributed by atoms with Crippen LogP contribution in [0.4, 0.5) is 5.82 Å². The van der Waals surface area contributed by atoms with Gasteiger partial charge in [-0.25, -0.2) is 4.98 Å². The number of aromatic nitrogens is 1. The Labute approximate surface area is 132 Å². The molecule has 0 saturated carbocycles. The van der Waals surface area contributed by atoms with Crippen LogP contribution < -0.4 is 10.6 Å². The number of amides is 1. The van der Waals surface area contributed by atoms with Crippen molar-refractivity contribution in [2.75, 3.05) is 51.6 Å². The number of rotatable bonds is 6. The molecule has 2 rings (SSSR count). The second-order valence-electron chi connectivity index (χ2n) is 5.68. The van der Waals surface area contributed by atoms with Gasteiger partial charge in [0.15, 0.2) is 0 Å². The molecule has 0 bridgehead atoms. The van der Waals surface area contributed by atoms with Gasteiger partial charge in [0.2, 0.25) is 0 Å². The Kier molecular flexibility index (Phi) is 6.15. The van der Waals surface area contributed by atoms with Gasteiger partial charge in [0.25, 0.3) is 5.91 Å². The third kappa shape index (κ3) is 4.18. The zero-order valence-corrected chi connectivity index (χ0v) is 13.8. The van der Waals surface area contributed by atoms with Crippen molar-refractivity contribution in [3.8, 4) is 0 Å². The molecule has 1 aliphatic rings. The van der Waals surface area contributed by atoms with Gasteiger partial charge in [-0.15, -0.1) is 0 Å². The minimum atomic E-state index is -0.111. The van der Waals surface area contributed by atoms with Gasteiger partial charge in [-0.2, -0.15) is 0 Å². The van der Waals surface area contributed by atoms with E-state index in [1.54, 1.807) is 25.4 Å². The molecule has 1 amide bonds. The fraction of sp³-hybridized carbons (Fsp3) is 0.625. The maximum absolute atomic E-state index is 11.8. The highest BCUT2D eigenvalue weighted by Crippen LogP contribution is 2.12. The first-order valence-electron chi connectivity index (χ1n) is 8.03. The Bertz CT molecular complexity index is 485. The molecule has 1 saturated heterocycles. The molecule has 6 heteroatoms. The molecule has 0 spiro atoms. The van der Waals surface area contributed by atoms with Crippen LogP contribution in [0.1, 0.15) is 24.2 Å². The molecule has 122 valence electrons. The SMILES string of the molecule is CCN1CCN([C@@H](C)CNc2ncccc2C(=O)NC)CC1. The number of anilines is 1. The average molecular weight is 305 g/mol. The van der Waals surface area contributed by atoms with Crippen LogP contribution >= 0.6 is 0 Å². The predicted octanol–water partition coefficient (Wildman–Crippen LogP) is 0.879. The monoisotopic (exact) mass is 305 g/mol. The third-order valence-corrected chi connectivity index (χ3v) is 4.32. The van der Waals surface area contributed by atoms with Crippen molar-refractivity contribution in [2.45, 2.75) is 19.9 Å². The summed E-state index contributed by atoms with van der Waals surface area (Å²) < 4.78 is 0. The molecule has 22 heavy (non-hydrogen) atoms. The smallest absolute Gasteiger partial charge is 0.254 e. The highest BCUT2D eigenvalue weighted by molar-refractivity contribution is 5.98. The van der Waals surface area contributed by atoms with Crippen molar-refractivity contribution in [1.82, 2.24) is 20.1 Å². The van der Waals surface area contributed by atoms with Crippen molar-refractivity contribution in [3.05, 3.63) is 23.9 Å². The van der Waals surface area contributed by atoms with Crippen LogP contribution in [0, 0.1) is 0 Å². The standard InChI is InChI=1S/C16H27N5O/c1-4-20-8-10-21(11-9-20)13(2)12-19-15-14(16(22)17-3)6-5-7-18-15/h5-7,13H,4,8-12H2,1-3H3,(H,17,22)(H,18,19)/t13-/m0/s1. The third-order valence-electron chi connectivity index (χ3n) is 4.32. The Morgan fingerprint density at radius 1 is 1.36 bits per heavy atom. The first-order chi connectivity index (χ1) is 10.7. The highest BCUT2D eigenvalue weighted by atomic mass is 16.1. The van der Waals surface area contributed by atoms with Crippen LogP contribution in [0.3, 0.4) is 0 Å². The van der Waals surface area contributed by atoms with E-state index in [-0.39, 0.29) is 5.91 Å². The first kappa shape index (κ1) is 16.7. The molecular formula is C16H27N5O. The van der Waals surface area contributed by atoms with Gasteiger partial charge < -0.3 is 15.5 Å². The number of pyridine rings is 1. The van der Waals surface area contributed by atoms with Crippen LogP contribution in [-0.2, 0) is 0 Å². The van der Waals surface area contributed by atoms with Crippen molar-refractivity contribution in [3.63, 3.8) is 0 Å². The van der Waals surface area contributed by atoms with Crippen LogP contribution in [-0.4, -0.2) is 73.0 Å². The summed E-state index contributed by atoms with van der Waals surface area (Å²) in [7, 11) is 1.63. The van der Waals surface area contributed by atoms with Gasteiger partial charge in [-0.3, -0.25) is 9.69 Å². The largest absolute Gasteiger partial charge is 0.368 e. The molecule has 1 atom stereocenters. The maximum Gasteiger partial charge on any atom is 0.254 e. The summed E-state index contributed by atoms with van der Waals surface area (Å²) in [6.07, 6.45) is 1.71. The molecule has 6 nitrogen and oxygen atoms in total. The fourth-order valence-electron chi connectivity index (χ4n) is 2.76. The van der Waals surface area contributed by atoms with Crippen molar-refractivity contribution in [2.24, 2.45) is 0 Å². The zero-order chi connectivity index (χ0) is 15.9. The van der Waals surface area contributed by atoms with Crippen molar-refractivity contribution in [1.29, 1.82) is 0 Å². The predicted molar refractivity (Wildman–Crippen MR) is 89.3 cm³/mol. The summed E-state index contributed by atoms with van der Waals surface area (Å²) in [5.41, 5.74) is 0.591. The van der Waals surface area contributed by atoms with Gasteiger partial charge in [-0.05, 0) is 25.6 Å². The van der Waals surface area contributed by atoms with Crippen LogP contribution in [0.15, 0.2) is 18.3 Å². The summed E-state index contributed by atoms with van der Waals surface area (Å²) in [6.45, 7) is 10.8. The van der Waals surface area contributed by atoms with Gasteiger partial charge in [-0.1, -0.05) is 6.92 Å². The van der Waals surface area contributed by atoms with Gasteiger partial charge in [0.05, 0.1) is 5.56 Å². The second kappa shape index (κ2) is 8.10. The number of hydrogen-bond acceptors (Lipinski definition) is 5. The number of hydrogen-bond donors (Lipinski definition) is 2. The summed E-state index contributed by atoms with van der Waals surface area (Å²) in [4.78, 5) is 21.1. The lowest BCUT2D eigenvalue weighted by Gasteiger charge is -2.37. The number of likely N-dealkylation sites (N-methyl/N-ethyl adjacent to an activating group) is 1. The number of carbonyl (C=O) groups excluding carboxylic acids is 1. The average Bonchev–Trinajstić information content (AvgIpc) is 2.59. The molecule has 2 heterocycles. The first-order valence-corrected chi connectivity index (χ1v) is 8.03. The number of carbonyl (C=O) groups is 1. The van der Waals surface area contributed by atoms with Crippen molar-refractivity contribution < 1.29 is 4.79 Å². The molecule has 1 aliphatic heterocycles. The topological polar surface area (TPSA) is 60.5 Å². The molecule has 0 unspecified atom stereocenters. The Hall–Kier alpha value is -1.66. The van der Waals surface area contributed by atoms with Gasteiger partial charge in [0, 0.05) is 52.0 Å². The quantitative estimate of drug-likeness (QED) is 0.817. The summed E-state index contributed by atoms with van der Waals surface area (Å²) in [5.74, 6) is 0.542. The van der Waals surface area contributed by atoms with E-state index in [1.807, 2.05) is 0 Å². The normalized spacial score (nSPS) is 18.0. The number of nitrogens with one attached hydrogen (secondary N) is 2. The number of piperazine rings is 1. The lowest BCUT2D eigenvalue weighted by molar-refractivity contribution is 0.0963. The lowest BCUT2D eigenvalue weighted by atomic mass is 10.2. The Balaban J connectivity index is 1.89. The molecule has 0 aliphatic carbocycles. The minimum absolute atomic E-state index is 0.111.